The van der Waals surface area contributed by atoms with Gasteiger partial charge in [0.2, 0.25) is 11.8 Å². The summed E-state index contributed by atoms with van der Waals surface area (Å²) in [7, 11) is 6.05. The molecule has 2 saturated heterocycles. The standard InChI is InChI=1S/C52H78ClN3O15S/c1-34-15-14-16-42(64-11)52(62)33-41(69-49(61)54-52)36(3)47-51(7,71-47)43(32-45(59)56(9)39-30-38(29-34)31-40(63-10)46(39)53)70-48(60)37(4)55(8)44(58)17-19-50(5,6)72-28-13-12-20-65-22-24-67-26-27-68-25-23-66-21-18-35(2)57/h12-16,30-31,36-37,41-43,47,62H,17-29,32-33H2,1-11H3,(H,54,61)/b13-12+,16-14+,34-15+/t36-,37+,41+,42-,43+,47+,51+,52+/m1/s1. The van der Waals surface area contributed by atoms with Crippen LogP contribution in [-0.2, 0) is 63.5 Å². The van der Waals surface area contributed by atoms with Gasteiger partial charge in [0.1, 0.15) is 46.5 Å². The Hall–Kier alpha value is -4.05. The lowest BCUT2D eigenvalue weighted by atomic mass is 9.83. The summed E-state index contributed by atoms with van der Waals surface area (Å²) in [5, 5.41) is 14.6. The first-order valence-electron chi connectivity index (χ1n) is 24.5. The van der Waals surface area contributed by atoms with Gasteiger partial charge in [-0.2, -0.15) is 11.8 Å². The van der Waals surface area contributed by atoms with Crippen LogP contribution in [0.3, 0.4) is 0 Å². The Morgan fingerprint density at radius 1 is 1.04 bits per heavy atom. The van der Waals surface area contributed by atoms with Gasteiger partial charge in [0.15, 0.2) is 5.72 Å². The molecule has 72 heavy (non-hydrogen) atoms. The maximum atomic E-state index is 14.4. The van der Waals surface area contributed by atoms with Crippen LogP contribution >= 0.6 is 23.4 Å². The van der Waals surface area contributed by atoms with E-state index < -0.39 is 65.7 Å². The second-order valence-corrected chi connectivity index (χ2v) is 21.4. The summed E-state index contributed by atoms with van der Waals surface area (Å²) in [4.78, 5) is 68.7. The number of Topliss-reactive ketones (excluding diaryl/α,β-unsaturated/α-hetero) is 1. The average Bonchev–Trinajstić information content (AvgIpc) is 4.03. The minimum Gasteiger partial charge on any atom is -0.495 e. The van der Waals surface area contributed by atoms with Crippen molar-refractivity contribution in [1.82, 2.24) is 10.2 Å². The largest absolute Gasteiger partial charge is 0.495 e. The molecule has 3 heterocycles. The van der Waals surface area contributed by atoms with Gasteiger partial charge >= 0.3 is 12.1 Å². The molecule has 18 nitrogen and oxygen atoms in total. The van der Waals surface area contributed by atoms with Crippen molar-refractivity contribution in [3.8, 4) is 5.75 Å². The topological polar surface area (TPSA) is 210 Å². The van der Waals surface area contributed by atoms with E-state index in [2.05, 4.69) is 19.2 Å². The molecule has 0 aliphatic carbocycles. The van der Waals surface area contributed by atoms with Crippen molar-refractivity contribution in [2.75, 3.05) is 91.8 Å². The summed E-state index contributed by atoms with van der Waals surface area (Å²) < 4.78 is 51.2. The minimum absolute atomic E-state index is 0.0678. The molecule has 0 spiro atoms. The summed E-state index contributed by atoms with van der Waals surface area (Å²) in [5.74, 6) is -0.826. The lowest BCUT2D eigenvalue weighted by Crippen LogP contribution is -2.63. The first-order valence-corrected chi connectivity index (χ1v) is 25.9. The number of esters is 1. The number of hydrogen-bond donors (Lipinski definition) is 2. The van der Waals surface area contributed by atoms with Crippen molar-refractivity contribution in [2.45, 2.75) is 134 Å². The number of likely N-dealkylation sites (N-methyl/N-ethyl adjacent to an activating group) is 1. The number of nitrogens with one attached hydrogen (secondary N) is 1. The van der Waals surface area contributed by atoms with E-state index in [9.17, 15) is 29.1 Å². The van der Waals surface area contributed by atoms with Gasteiger partial charge in [-0.3, -0.25) is 19.7 Å². The van der Waals surface area contributed by atoms with E-state index in [0.29, 0.717) is 89.3 Å². The molecule has 20 heteroatoms. The quantitative estimate of drug-likeness (QED) is 0.0469. The number of carbonyl (C=O) groups is 5. The predicted octanol–water partition coefficient (Wildman–Crippen LogP) is 6.41. The van der Waals surface area contributed by atoms with Crippen molar-refractivity contribution >= 4 is 58.7 Å². The number of benzene rings is 1. The Morgan fingerprint density at radius 2 is 1.69 bits per heavy atom. The highest BCUT2D eigenvalue weighted by Crippen LogP contribution is 2.49. The summed E-state index contributed by atoms with van der Waals surface area (Å²) in [5.41, 5.74) is -1.01. The van der Waals surface area contributed by atoms with E-state index in [1.165, 1.54) is 30.9 Å². The number of anilines is 1. The van der Waals surface area contributed by atoms with Crippen LogP contribution in [0, 0.1) is 5.92 Å². The summed E-state index contributed by atoms with van der Waals surface area (Å²) in [6, 6.07) is 2.56. The number of nitrogens with zero attached hydrogens (tertiary/aromatic N) is 2. The minimum atomic E-state index is -1.85. The van der Waals surface area contributed by atoms with Crippen molar-refractivity contribution in [1.29, 1.82) is 0 Å². The Kier molecular flexibility index (Phi) is 24.0. The first kappa shape index (κ1) is 60.5. The fourth-order valence-corrected chi connectivity index (χ4v) is 9.55. The van der Waals surface area contributed by atoms with Gasteiger partial charge < -0.3 is 57.5 Å². The molecule has 0 saturated carbocycles. The highest BCUT2D eigenvalue weighted by Gasteiger charge is 2.64. The molecule has 4 rings (SSSR count). The monoisotopic (exact) mass is 1050 g/mol. The van der Waals surface area contributed by atoms with Gasteiger partial charge in [-0.05, 0) is 58.2 Å². The second-order valence-electron chi connectivity index (χ2n) is 19.3. The van der Waals surface area contributed by atoms with Gasteiger partial charge in [-0.25, -0.2) is 9.59 Å². The molecular formula is C52H78ClN3O15S. The van der Waals surface area contributed by atoms with Crippen molar-refractivity contribution in [3.63, 3.8) is 0 Å². The number of ketones is 1. The van der Waals surface area contributed by atoms with Crippen molar-refractivity contribution < 1.29 is 71.7 Å². The molecule has 0 aromatic heterocycles. The van der Waals surface area contributed by atoms with Crippen LogP contribution in [0.5, 0.6) is 5.75 Å². The Labute approximate surface area is 434 Å². The molecular weight excluding hydrogens is 974 g/mol. The van der Waals surface area contributed by atoms with E-state index in [-0.39, 0.29) is 40.7 Å². The van der Waals surface area contributed by atoms with E-state index in [1.807, 2.05) is 25.2 Å². The summed E-state index contributed by atoms with van der Waals surface area (Å²) in [6.45, 7) is 16.2. The number of thioether (sulfide) groups is 1. The number of halogens is 1. The average molecular weight is 1050 g/mol. The van der Waals surface area contributed by atoms with E-state index in [4.69, 9.17) is 54.2 Å². The number of amides is 3. The molecule has 1 aromatic carbocycles. The second kappa shape index (κ2) is 28.6. The summed E-state index contributed by atoms with van der Waals surface area (Å²) in [6.07, 6.45) is 5.85. The molecule has 0 radical (unpaired) electrons. The maximum absolute atomic E-state index is 14.4. The van der Waals surface area contributed by atoms with Crippen LogP contribution < -0.4 is 15.0 Å². The number of allylic oxidation sites excluding steroid dienone is 3. The number of fused-ring (bicyclic) bond motifs is 5. The molecule has 404 valence electrons. The van der Waals surface area contributed by atoms with Crippen LogP contribution in [0.2, 0.25) is 5.02 Å². The molecule has 2 fully saturated rings. The molecule has 2 N–H and O–H groups in total. The van der Waals surface area contributed by atoms with E-state index in [1.54, 1.807) is 70.9 Å². The van der Waals surface area contributed by atoms with Gasteiger partial charge in [0, 0.05) is 56.9 Å². The zero-order valence-electron chi connectivity index (χ0n) is 44.0. The normalized spacial score (nSPS) is 26.4. The zero-order chi connectivity index (χ0) is 53.2. The number of ether oxygens (including phenoxy) is 9. The summed E-state index contributed by atoms with van der Waals surface area (Å²) >= 11 is 8.52. The Balaban J connectivity index is 1.36. The number of rotatable bonds is 25. The maximum Gasteiger partial charge on any atom is 0.409 e. The number of aliphatic hydroxyl groups is 1. The number of hydrogen-bond acceptors (Lipinski definition) is 16. The van der Waals surface area contributed by atoms with Crippen LogP contribution in [0.1, 0.15) is 86.1 Å². The third kappa shape index (κ3) is 18.1. The highest BCUT2D eigenvalue weighted by atomic mass is 35.5. The van der Waals surface area contributed by atoms with Gasteiger partial charge in [-0.1, -0.05) is 68.3 Å². The van der Waals surface area contributed by atoms with Gasteiger partial charge in [0.05, 0.1) is 78.2 Å². The smallest absolute Gasteiger partial charge is 0.409 e. The fraction of sp³-hybridized carbons (Fsp3) is 0.673. The molecule has 0 unspecified atom stereocenters. The first-order chi connectivity index (χ1) is 34.0. The van der Waals surface area contributed by atoms with Crippen LogP contribution in [0.25, 0.3) is 0 Å². The SMILES string of the molecule is COc1cc2cc(c1Cl)N(C)C(=O)C[C@H](OC(=O)[C@H](C)N(C)C(=O)CCC(C)(C)SC/C=C/COCCOCCOCCOCCC(C)=O)[C@]1(C)O[C@H]1[C@H](C)[C@@H]1C[C@@](O)(NC(=O)O1)[C@H](OC)/C=C/C=C(\C)C2. The Morgan fingerprint density at radius 3 is 2.33 bits per heavy atom. The van der Waals surface area contributed by atoms with E-state index >= 15 is 0 Å². The van der Waals surface area contributed by atoms with Gasteiger partial charge in [0.25, 0.3) is 0 Å². The molecule has 3 aliphatic heterocycles. The van der Waals surface area contributed by atoms with E-state index in [0.717, 1.165) is 11.1 Å². The zero-order valence-corrected chi connectivity index (χ0v) is 45.5. The van der Waals surface area contributed by atoms with Crippen molar-refractivity contribution in [2.24, 2.45) is 5.92 Å². The lowest BCUT2D eigenvalue weighted by molar-refractivity contribution is -0.162. The van der Waals surface area contributed by atoms with Crippen LogP contribution in [0.4, 0.5) is 10.5 Å². The Bertz CT molecular complexity index is 2090. The lowest BCUT2D eigenvalue weighted by Gasteiger charge is -2.42. The van der Waals surface area contributed by atoms with Gasteiger partial charge in [-0.15, -0.1) is 0 Å². The van der Waals surface area contributed by atoms with Crippen LogP contribution in [0.15, 0.2) is 48.1 Å². The van der Waals surface area contributed by atoms with Crippen LogP contribution in [-0.4, -0.2) is 173 Å². The third-order valence-corrected chi connectivity index (χ3v) is 14.9. The predicted molar refractivity (Wildman–Crippen MR) is 274 cm³/mol. The number of epoxide rings is 1. The molecule has 1 aromatic rings. The number of methoxy groups -OCH3 is 2. The van der Waals surface area contributed by atoms with Crippen molar-refractivity contribution in [3.05, 3.63) is 58.7 Å². The molecule has 3 amide bonds. The molecule has 4 bridgehead atoms. The highest BCUT2D eigenvalue weighted by molar-refractivity contribution is 8.00. The number of carbonyl (C=O) groups excluding carboxylic acids is 5. The third-order valence-electron chi connectivity index (χ3n) is 13.1. The molecule has 8 atom stereocenters. The fourth-order valence-electron chi connectivity index (χ4n) is 8.31. The number of alkyl carbamates (subject to hydrolysis) is 1. The molecule has 3 aliphatic rings.